The SMILES string of the molecule is O=Cc1cc(N2CCN(CC3CCNCC3)CC2)ccc1CNC1CCC(=O)NC1=O. The molecule has 1 atom stereocenters. The van der Waals surface area contributed by atoms with Gasteiger partial charge in [0.05, 0.1) is 6.04 Å². The summed E-state index contributed by atoms with van der Waals surface area (Å²) in [6.07, 6.45) is 4.26. The van der Waals surface area contributed by atoms with Gasteiger partial charge in [0.15, 0.2) is 0 Å². The number of aldehydes is 1. The van der Waals surface area contributed by atoms with Crippen LogP contribution in [0.3, 0.4) is 0 Å². The molecule has 3 aliphatic rings. The lowest BCUT2D eigenvalue weighted by atomic mass is 9.97. The highest BCUT2D eigenvalue weighted by atomic mass is 16.2. The van der Waals surface area contributed by atoms with Crippen LogP contribution in [0, 0.1) is 5.92 Å². The zero-order valence-corrected chi connectivity index (χ0v) is 18.1. The fourth-order valence-electron chi connectivity index (χ4n) is 4.79. The molecule has 4 rings (SSSR count). The van der Waals surface area contributed by atoms with E-state index in [1.54, 1.807) is 0 Å². The first-order valence-corrected chi connectivity index (χ1v) is 11.5. The van der Waals surface area contributed by atoms with Gasteiger partial charge in [0.25, 0.3) is 0 Å². The Kier molecular flexibility index (Phi) is 7.32. The summed E-state index contributed by atoms with van der Waals surface area (Å²) in [6.45, 7) is 7.95. The largest absolute Gasteiger partial charge is 0.369 e. The van der Waals surface area contributed by atoms with Gasteiger partial charge in [-0.05, 0) is 56.0 Å². The van der Waals surface area contributed by atoms with Gasteiger partial charge >= 0.3 is 0 Å². The number of anilines is 1. The van der Waals surface area contributed by atoms with Gasteiger partial charge in [-0.2, -0.15) is 0 Å². The van der Waals surface area contributed by atoms with Crippen LogP contribution in [0.5, 0.6) is 0 Å². The molecule has 0 bridgehead atoms. The van der Waals surface area contributed by atoms with E-state index >= 15 is 0 Å². The molecule has 8 heteroatoms. The van der Waals surface area contributed by atoms with E-state index in [2.05, 4.69) is 31.8 Å². The summed E-state index contributed by atoms with van der Waals surface area (Å²) in [6, 6.07) is 5.60. The average molecular weight is 428 g/mol. The minimum atomic E-state index is -0.398. The van der Waals surface area contributed by atoms with Crippen LogP contribution in [0.1, 0.15) is 41.6 Å². The Morgan fingerprint density at radius 3 is 2.55 bits per heavy atom. The molecule has 31 heavy (non-hydrogen) atoms. The van der Waals surface area contributed by atoms with Crippen molar-refractivity contribution < 1.29 is 14.4 Å². The fourth-order valence-corrected chi connectivity index (χ4v) is 4.79. The number of piperidine rings is 2. The van der Waals surface area contributed by atoms with E-state index < -0.39 is 6.04 Å². The summed E-state index contributed by atoms with van der Waals surface area (Å²) < 4.78 is 0. The molecule has 3 aliphatic heterocycles. The Labute approximate surface area is 183 Å². The Hall–Kier alpha value is -2.29. The summed E-state index contributed by atoms with van der Waals surface area (Å²) in [4.78, 5) is 39.8. The molecule has 3 saturated heterocycles. The first-order valence-electron chi connectivity index (χ1n) is 11.5. The van der Waals surface area contributed by atoms with E-state index in [-0.39, 0.29) is 11.8 Å². The van der Waals surface area contributed by atoms with Crippen LogP contribution in [0.25, 0.3) is 0 Å². The lowest BCUT2D eigenvalue weighted by Crippen LogP contribution is -2.50. The van der Waals surface area contributed by atoms with E-state index in [9.17, 15) is 14.4 Å². The molecule has 8 nitrogen and oxygen atoms in total. The Balaban J connectivity index is 1.30. The van der Waals surface area contributed by atoms with Crippen LogP contribution in [0.15, 0.2) is 18.2 Å². The van der Waals surface area contributed by atoms with Crippen LogP contribution in [-0.2, 0) is 16.1 Å². The topological polar surface area (TPSA) is 93.8 Å². The molecule has 1 aromatic carbocycles. The van der Waals surface area contributed by atoms with Gasteiger partial charge < -0.3 is 15.5 Å². The molecule has 0 spiro atoms. The summed E-state index contributed by atoms with van der Waals surface area (Å²) in [5.41, 5.74) is 2.59. The van der Waals surface area contributed by atoms with Crippen molar-refractivity contribution in [2.24, 2.45) is 5.92 Å². The summed E-state index contributed by atoms with van der Waals surface area (Å²) in [5, 5.41) is 8.96. The Morgan fingerprint density at radius 2 is 1.84 bits per heavy atom. The maximum atomic E-state index is 11.9. The molecule has 2 amide bonds. The van der Waals surface area contributed by atoms with Crippen LogP contribution in [0.4, 0.5) is 5.69 Å². The van der Waals surface area contributed by atoms with Crippen molar-refractivity contribution in [2.75, 3.05) is 50.7 Å². The highest BCUT2D eigenvalue weighted by molar-refractivity contribution is 6.00. The van der Waals surface area contributed by atoms with Crippen LogP contribution >= 0.6 is 0 Å². The van der Waals surface area contributed by atoms with Gasteiger partial charge in [-0.3, -0.25) is 24.6 Å². The second-order valence-electron chi connectivity index (χ2n) is 8.87. The summed E-state index contributed by atoms with van der Waals surface area (Å²) in [5.74, 6) is 0.297. The van der Waals surface area contributed by atoms with Crippen molar-refractivity contribution in [3.8, 4) is 0 Å². The highest BCUT2D eigenvalue weighted by Crippen LogP contribution is 2.22. The number of imide groups is 1. The first kappa shape index (κ1) is 21.9. The van der Waals surface area contributed by atoms with Crippen molar-refractivity contribution in [3.05, 3.63) is 29.3 Å². The zero-order valence-electron chi connectivity index (χ0n) is 18.1. The maximum absolute atomic E-state index is 11.9. The lowest BCUT2D eigenvalue weighted by molar-refractivity contribution is -0.134. The van der Waals surface area contributed by atoms with Crippen molar-refractivity contribution in [1.82, 2.24) is 20.9 Å². The molecule has 3 heterocycles. The number of amides is 2. The number of nitrogens with one attached hydrogen (secondary N) is 3. The molecular formula is C23H33N5O3. The monoisotopic (exact) mass is 427 g/mol. The molecule has 0 aliphatic carbocycles. The zero-order chi connectivity index (χ0) is 21.6. The van der Waals surface area contributed by atoms with Gasteiger partial charge in [0, 0.05) is 56.9 Å². The molecule has 168 valence electrons. The van der Waals surface area contributed by atoms with Crippen molar-refractivity contribution in [3.63, 3.8) is 0 Å². The van der Waals surface area contributed by atoms with Gasteiger partial charge in [-0.15, -0.1) is 0 Å². The van der Waals surface area contributed by atoms with Gasteiger partial charge in [-0.1, -0.05) is 6.07 Å². The molecule has 0 aromatic heterocycles. The molecule has 0 radical (unpaired) electrons. The third kappa shape index (κ3) is 5.70. The van der Waals surface area contributed by atoms with E-state index in [1.165, 1.54) is 19.4 Å². The quantitative estimate of drug-likeness (QED) is 0.431. The van der Waals surface area contributed by atoms with Gasteiger partial charge in [0.2, 0.25) is 11.8 Å². The number of carbonyl (C=O) groups excluding carboxylic acids is 3. The minimum absolute atomic E-state index is 0.225. The fraction of sp³-hybridized carbons (Fsp3) is 0.609. The van der Waals surface area contributed by atoms with Crippen molar-refractivity contribution >= 4 is 23.8 Å². The number of benzene rings is 1. The molecule has 3 N–H and O–H groups in total. The predicted molar refractivity (Wildman–Crippen MR) is 119 cm³/mol. The predicted octanol–water partition coefficient (Wildman–Crippen LogP) is 0.516. The van der Waals surface area contributed by atoms with E-state index in [1.807, 2.05) is 12.1 Å². The number of piperazine rings is 1. The number of nitrogens with zero attached hydrogens (tertiary/aromatic N) is 2. The lowest BCUT2D eigenvalue weighted by Gasteiger charge is -2.38. The molecule has 1 aromatic rings. The third-order valence-electron chi connectivity index (χ3n) is 6.75. The van der Waals surface area contributed by atoms with Crippen LogP contribution in [-0.4, -0.2) is 74.9 Å². The molecule has 0 saturated carbocycles. The van der Waals surface area contributed by atoms with Gasteiger partial charge in [-0.25, -0.2) is 0 Å². The van der Waals surface area contributed by atoms with Crippen molar-refractivity contribution in [1.29, 1.82) is 0 Å². The standard InChI is InChI=1S/C23H33N5O3/c29-16-19-13-20(2-1-18(19)14-25-21-3-4-22(30)26-23(21)31)28-11-9-27(10-12-28)15-17-5-7-24-8-6-17/h1-2,13,16-17,21,24-25H,3-12,14-15H2,(H,26,30,31). The normalized spacial score (nSPS) is 23.6. The van der Waals surface area contributed by atoms with E-state index in [0.717, 1.165) is 62.7 Å². The molecule has 1 unspecified atom stereocenters. The average Bonchev–Trinajstić information content (AvgIpc) is 2.80. The number of hydrogen-bond acceptors (Lipinski definition) is 7. The highest BCUT2D eigenvalue weighted by Gasteiger charge is 2.26. The number of hydrogen-bond donors (Lipinski definition) is 3. The maximum Gasteiger partial charge on any atom is 0.243 e. The summed E-state index contributed by atoms with van der Waals surface area (Å²) in [7, 11) is 0. The first-order chi connectivity index (χ1) is 15.1. The third-order valence-corrected chi connectivity index (χ3v) is 6.75. The van der Waals surface area contributed by atoms with E-state index in [4.69, 9.17) is 0 Å². The van der Waals surface area contributed by atoms with Crippen LogP contribution in [0.2, 0.25) is 0 Å². The molecular weight excluding hydrogens is 394 g/mol. The molecule has 3 fully saturated rings. The van der Waals surface area contributed by atoms with E-state index in [0.29, 0.717) is 24.9 Å². The number of rotatable bonds is 7. The summed E-state index contributed by atoms with van der Waals surface area (Å²) >= 11 is 0. The number of carbonyl (C=O) groups is 3. The second-order valence-corrected chi connectivity index (χ2v) is 8.87. The van der Waals surface area contributed by atoms with Gasteiger partial charge in [0.1, 0.15) is 6.29 Å². The Morgan fingerprint density at radius 1 is 1.06 bits per heavy atom. The minimum Gasteiger partial charge on any atom is -0.369 e. The van der Waals surface area contributed by atoms with Crippen molar-refractivity contribution in [2.45, 2.75) is 38.3 Å². The smallest absolute Gasteiger partial charge is 0.243 e. The second kappa shape index (κ2) is 10.3. The Bertz CT molecular complexity index is 800. The van der Waals surface area contributed by atoms with Crippen LogP contribution < -0.4 is 20.9 Å².